The molecule has 0 rings (SSSR count). The average Bonchev–Trinajstić information content (AvgIpc) is 1.97. The number of nitroso groups, excluding NO2 is 1. The van der Waals surface area contributed by atoms with Gasteiger partial charge in [-0.05, 0) is 12.8 Å². The molecule has 0 heterocycles. The second-order valence-corrected chi connectivity index (χ2v) is 1.90. The van der Waals surface area contributed by atoms with E-state index in [-0.39, 0.29) is 6.61 Å². The van der Waals surface area contributed by atoms with Crippen LogP contribution in [0.25, 0.3) is 0 Å². The molecule has 4 nitrogen and oxygen atoms in total. The van der Waals surface area contributed by atoms with Gasteiger partial charge < -0.3 is 9.84 Å². The van der Waals surface area contributed by atoms with Gasteiger partial charge in [0, 0.05) is 19.8 Å². The van der Waals surface area contributed by atoms with Crippen LogP contribution in [-0.4, -0.2) is 31.5 Å². The van der Waals surface area contributed by atoms with Crippen LogP contribution in [0, 0.1) is 4.91 Å². The lowest BCUT2D eigenvalue weighted by Gasteiger charge is -1.98. The zero-order valence-corrected chi connectivity index (χ0v) is 5.95. The second kappa shape index (κ2) is 8.52. The number of aliphatic hydroxyl groups excluding tert-OH is 1. The number of rotatable bonds is 7. The molecule has 0 atom stereocenters. The van der Waals surface area contributed by atoms with Crippen LogP contribution in [0.1, 0.15) is 12.8 Å². The predicted molar refractivity (Wildman–Crippen MR) is 37.8 cm³/mol. The highest BCUT2D eigenvalue weighted by Gasteiger charge is 1.87. The zero-order chi connectivity index (χ0) is 7.66. The Morgan fingerprint density at radius 3 is 2.60 bits per heavy atom. The van der Waals surface area contributed by atoms with Gasteiger partial charge in [0.2, 0.25) is 0 Å². The summed E-state index contributed by atoms with van der Waals surface area (Å²) in [5.74, 6) is 0. The van der Waals surface area contributed by atoms with Crippen LogP contribution in [0.2, 0.25) is 0 Å². The first kappa shape index (κ1) is 9.52. The first-order chi connectivity index (χ1) is 4.91. The van der Waals surface area contributed by atoms with Crippen LogP contribution in [0.15, 0.2) is 5.18 Å². The quantitative estimate of drug-likeness (QED) is 0.422. The van der Waals surface area contributed by atoms with Gasteiger partial charge in [-0.3, -0.25) is 0 Å². The van der Waals surface area contributed by atoms with Gasteiger partial charge in [0.25, 0.3) is 0 Å². The molecular weight excluding hydrogens is 134 g/mol. The van der Waals surface area contributed by atoms with Gasteiger partial charge in [-0.1, -0.05) is 5.18 Å². The van der Waals surface area contributed by atoms with E-state index in [0.717, 1.165) is 0 Å². The first-order valence-electron chi connectivity index (χ1n) is 3.39. The Morgan fingerprint density at radius 2 is 2.00 bits per heavy atom. The molecule has 0 spiro atoms. The third-order valence-corrected chi connectivity index (χ3v) is 0.985. The molecule has 0 aromatic heterocycles. The SMILES string of the molecule is O=NCCCOCCCO. The fourth-order valence-electron chi connectivity index (χ4n) is 0.500. The topological polar surface area (TPSA) is 58.9 Å². The summed E-state index contributed by atoms with van der Waals surface area (Å²) in [5, 5.41) is 11.0. The van der Waals surface area contributed by atoms with Crippen molar-refractivity contribution in [2.75, 3.05) is 26.4 Å². The highest BCUT2D eigenvalue weighted by atomic mass is 16.5. The van der Waals surface area contributed by atoms with Gasteiger partial charge >= 0.3 is 0 Å². The van der Waals surface area contributed by atoms with Crippen molar-refractivity contribution in [3.63, 3.8) is 0 Å². The van der Waals surface area contributed by atoms with Crippen LogP contribution in [-0.2, 0) is 4.74 Å². The molecule has 0 radical (unpaired) electrons. The first-order valence-corrected chi connectivity index (χ1v) is 3.39. The lowest BCUT2D eigenvalue weighted by atomic mass is 10.4. The van der Waals surface area contributed by atoms with Gasteiger partial charge in [0.15, 0.2) is 0 Å². The number of aliphatic hydroxyl groups is 1. The molecule has 0 unspecified atom stereocenters. The Kier molecular flexibility index (Phi) is 8.11. The molecule has 0 aliphatic heterocycles. The maximum Gasteiger partial charge on any atom is 0.0833 e. The van der Waals surface area contributed by atoms with Crippen molar-refractivity contribution in [2.45, 2.75) is 12.8 Å². The van der Waals surface area contributed by atoms with Crippen LogP contribution in [0.3, 0.4) is 0 Å². The second-order valence-electron chi connectivity index (χ2n) is 1.90. The van der Waals surface area contributed by atoms with Gasteiger partial charge in [-0.2, -0.15) is 4.91 Å². The predicted octanol–water partition coefficient (Wildman–Crippen LogP) is 0.542. The van der Waals surface area contributed by atoms with E-state index in [1.54, 1.807) is 0 Å². The molecular formula is C6H13NO3. The summed E-state index contributed by atoms with van der Waals surface area (Å²) in [4.78, 5) is 9.55. The van der Waals surface area contributed by atoms with E-state index in [0.29, 0.717) is 32.6 Å². The van der Waals surface area contributed by atoms with Crippen LogP contribution in [0.5, 0.6) is 0 Å². The Morgan fingerprint density at radius 1 is 1.30 bits per heavy atom. The molecule has 0 fully saturated rings. The Balaban J connectivity index is 2.70. The van der Waals surface area contributed by atoms with Crippen LogP contribution < -0.4 is 0 Å². The normalized spacial score (nSPS) is 9.70. The molecule has 10 heavy (non-hydrogen) atoms. The summed E-state index contributed by atoms with van der Waals surface area (Å²) in [6.45, 7) is 1.60. The van der Waals surface area contributed by atoms with Crippen LogP contribution in [0.4, 0.5) is 0 Å². The number of nitrogens with zero attached hydrogens (tertiary/aromatic N) is 1. The summed E-state index contributed by atoms with van der Waals surface area (Å²) in [7, 11) is 0. The molecule has 0 aliphatic rings. The van der Waals surface area contributed by atoms with Crippen molar-refractivity contribution >= 4 is 0 Å². The molecule has 0 saturated carbocycles. The van der Waals surface area contributed by atoms with E-state index in [2.05, 4.69) is 5.18 Å². The fourth-order valence-corrected chi connectivity index (χ4v) is 0.500. The Labute approximate surface area is 60.2 Å². The lowest BCUT2D eigenvalue weighted by Crippen LogP contribution is -1.99. The smallest absolute Gasteiger partial charge is 0.0833 e. The van der Waals surface area contributed by atoms with E-state index in [1.165, 1.54) is 0 Å². The number of hydrogen-bond acceptors (Lipinski definition) is 4. The van der Waals surface area contributed by atoms with Crippen molar-refractivity contribution in [1.82, 2.24) is 0 Å². The van der Waals surface area contributed by atoms with E-state index < -0.39 is 0 Å². The standard InChI is InChI=1S/C6H13NO3/c8-4-2-6-10-5-1-3-7-9/h8H,1-6H2. The number of ether oxygens (including phenoxy) is 1. The van der Waals surface area contributed by atoms with Crippen molar-refractivity contribution in [1.29, 1.82) is 0 Å². The number of hydrogen-bond donors (Lipinski definition) is 1. The Hall–Kier alpha value is -0.480. The third kappa shape index (κ3) is 7.52. The van der Waals surface area contributed by atoms with E-state index >= 15 is 0 Å². The molecule has 4 heteroatoms. The summed E-state index contributed by atoms with van der Waals surface area (Å²) in [6, 6.07) is 0. The molecule has 0 aromatic carbocycles. The largest absolute Gasteiger partial charge is 0.396 e. The van der Waals surface area contributed by atoms with E-state index in [1.807, 2.05) is 0 Å². The molecule has 1 N–H and O–H groups in total. The molecule has 0 aliphatic carbocycles. The van der Waals surface area contributed by atoms with Crippen LogP contribution >= 0.6 is 0 Å². The van der Waals surface area contributed by atoms with Crippen molar-refractivity contribution in [3.05, 3.63) is 4.91 Å². The molecule has 0 bridgehead atoms. The zero-order valence-electron chi connectivity index (χ0n) is 5.95. The highest BCUT2D eigenvalue weighted by molar-refractivity contribution is 4.40. The van der Waals surface area contributed by atoms with Crippen molar-refractivity contribution in [2.24, 2.45) is 5.18 Å². The summed E-state index contributed by atoms with van der Waals surface area (Å²) < 4.78 is 5.02. The van der Waals surface area contributed by atoms with Gasteiger partial charge in [0.05, 0.1) is 6.54 Å². The van der Waals surface area contributed by atoms with E-state index in [9.17, 15) is 4.91 Å². The summed E-state index contributed by atoms with van der Waals surface area (Å²) in [5.41, 5.74) is 0. The highest BCUT2D eigenvalue weighted by Crippen LogP contribution is 1.85. The monoisotopic (exact) mass is 147 g/mol. The maximum atomic E-state index is 9.55. The van der Waals surface area contributed by atoms with Gasteiger partial charge in [-0.25, -0.2) is 0 Å². The molecule has 0 amide bonds. The van der Waals surface area contributed by atoms with Crippen molar-refractivity contribution < 1.29 is 9.84 Å². The summed E-state index contributed by atoms with van der Waals surface area (Å²) in [6.07, 6.45) is 1.34. The third-order valence-electron chi connectivity index (χ3n) is 0.985. The summed E-state index contributed by atoms with van der Waals surface area (Å²) >= 11 is 0. The molecule has 60 valence electrons. The van der Waals surface area contributed by atoms with Gasteiger partial charge in [-0.15, -0.1) is 0 Å². The minimum absolute atomic E-state index is 0.159. The minimum Gasteiger partial charge on any atom is -0.396 e. The average molecular weight is 147 g/mol. The van der Waals surface area contributed by atoms with Gasteiger partial charge in [0.1, 0.15) is 0 Å². The molecule has 0 saturated heterocycles. The Bertz CT molecular complexity index is 77.4. The fraction of sp³-hybridized carbons (Fsp3) is 1.00. The lowest BCUT2D eigenvalue weighted by molar-refractivity contribution is 0.115. The maximum absolute atomic E-state index is 9.55. The molecule has 0 aromatic rings. The van der Waals surface area contributed by atoms with Crippen molar-refractivity contribution in [3.8, 4) is 0 Å². The minimum atomic E-state index is 0.159. The van der Waals surface area contributed by atoms with E-state index in [4.69, 9.17) is 9.84 Å².